The van der Waals surface area contributed by atoms with Gasteiger partial charge in [0.1, 0.15) is 11.3 Å². The molecule has 1 fully saturated rings. The predicted molar refractivity (Wildman–Crippen MR) is 123 cm³/mol. The summed E-state index contributed by atoms with van der Waals surface area (Å²) in [6.45, 7) is 3.80. The maximum Gasteiger partial charge on any atom is 0.342 e. The number of hydrogen-bond acceptors (Lipinski definition) is 6. The molecule has 1 amide bonds. The van der Waals surface area contributed by atoms with Crippen LogP contribution in [0.1, 0.15) is 49.0 Å². The number of carbonyl (C=O) groups excluding carboxylic acids is 2. The van der Waals surface area contributed by atoms with Crippen molar-refractivity contribution in [3.05, 3.63) is 59.7 Å². The van der Waals surface area contributed by atoms with E-state index < -0.39 is 34.3 Å². The Morgan fingerprint density at radius 3 is 2.55 bits per heavy atom. The van der Waals surface area contributed by atoms with E-state index in [0.717, 1.165) is 37.0 Å². The van der Waals surface area contributed by atoms with Gasteiger partial charge in [-0.1, -0.05) is 57.0 Å². The zero-order valence-corrected chi connectivity index (χ0v) is 19.6. The highest BCUT2D eigenvalue weighted by atomic mass is 32.2. The Balaban J connectivity index is 1.61. The summed E-state index contributed by atoms with van der Waals surface area (Å²) in [7, 11) is -3.94. The Morgan fingerprint density at radius 1 is 1.09 bits per heavy atom. The zero-order chi connectivity index (χ0) is 24.0. The van der Waals surface area contributed by atoms with Crippen LogP contribution in [-0.4, -0.2) is 38.0 Å². The van der Waals surface area contributed by atoms with Crippen LogP contribution in [0.4, 0.5) is 0 Å². The molecule has 0 aliphatic heterocycles. The van der Waals surface area contributed by atoms with Crippen LogP contribution in [0.25, 0.3) is 0 Å². The van der Waals surface area contributed by atoms with Gasteiger partial charge < -0.3 is 15.2 Å². The number of phenolic OH excluding ortho intramolecular Hbond substituents is 1. The summed E-state index contributed by atoms with van der Waals surface area (Å²) in [6, 6.07) is 12.3. The minimum Gasteiger partial charge on any atom is -0.507 e. The van der Waals surface area contributed by atoms with Gasteiger partial charge in [-0.05, 0) is 42.0 Å². The van der Waals surface area contributed by atoms with Crippen LogP contribution < -0.4 is 10.0 Å². The van der Waals surface area contributed by atoms with Gasteiger partial charge in [0.05, 0.1) is 4.90 Å². The fourth-order valence-electron chi connectivity index (χ4n) is 3.95. The molecule has 8 nitrogen and oxygen atoms in total. The van der Waals surface area contributed by atoms with E-state index in [0.29, 0.717) is 11.8 Å². The molecule has 0 aromatic heterocycles. The number of hydrogen-bond donors (Lipinski definition) is 3. The van der Waals surface area contributed by atoms with Gasteiger partial charge in [0.25, 0.3) is 5.91 Å². The number of esters is 1. The maximum absolute atomic E-state index is 12.6. The number of amides is 1. The highest BCUT2D eigenvalue weighted by Crippen LogP contribution is 2.29. The molecule has 1 saturated carbocycles. The van der Waals surface area contributed by atoms with Crippen LogP contribution in [0.5, 0.6) is 5.75 Å². The summed E-state index contributed by atoms with van der Waals surface area (Å²) in [5, 5.41) is 13.0. The van der Waals surface area contributed by atoms with Gasteiger partial charge in [-0.2, -0.15) is 0 Å². The molecule has 0 heterocycles. The van der Waals surface area contributed by atoms with E-state index >= 15 is 0 Å². The van der Waals surface area contributed by atoms with Gasteiger partial charge in [-0.15, -0.1) is 0 Å². The van der Waals surface area contributed by atoms with Crippen molar-refractivity contribution < 1.29 is 27.9 Å². The Bertz CT molecular complexity index is 1090. The molecule has 3 N–H and O–H groups in total. The molecule has 3 atom stereocenters. The van der Waals surface area contributed by atoms with E-state index in [-0.39, 0.29) is 23.0 Å². The summed E-state index contributed by atoms with van der Waals surface area (Å²) in [4.78, 5) is 24.5. The van der Waals surface area contributed by atoms with Crippen molar-refractivity contribution in [1.29, 1.82) is 0 Å². The first-order chi connectivity index (χ1) is 15.7. The maximum atomic E-state index is 12.6. The minimum absolute atomic E-state index is 0.0255. The molecule has 1 aliphatic rings. The van der Waals surface area contributed by atoms with Crippen LogP contribution >= 0.6 is 0 Å². The quantitative estimate of drug-likeness (QED) is 0.506. The van der Waals surface area contributed by atoms with Gasteiger partial charge in [0.2, 0.25) is 10.0 Å². The van der Waals surface area contributed by atoms with E-state index in [1.54, 1.807) is 24.3 Å². The monoisotopic (exact) mass is 474 g/mol. The number of rotatable bonds is 8. The predicted octanol–water partition coefficient (Wildman–Crippen LogP) is 2.97. The van der Waals surface area contributed by atoms with Gasteiger partial charge >= 0.3 is 5.97 Å². The molecule has 178 valence electrons. The minimum atomic E-state index is -3.94. The fourth-order valence-corrected chi connectivity index (χ4v) is 4.99. The van der Waals surface area contributed by atoms with Crippen LogP contribution in [-0.2, 0) is 26.1 Å². The lowest BCUT2D eigenvalue weighted by Crippen LogP contribution is -2.45. The Morgan fingerprint density at radius 2 is 1.82 bits per heavy atom. The average molecular weight is 475 g/mol. The van der Waals surface area contributed by atoms with Crippen LogP contribution in [0.3, 0.4) is 0 Å². The van der Waals surface area contributed by atoms with Crippen molar-refractivity contribution in [2.75, 3.05) is 6.61 Å². The number of phenols is 1. The van der Waals surface area contributed by atoms with E-state index in [4.69, 9.17) is 4.74 Å². The van der Waals surface area contributed by atoms with Crippen molar-refractivity contribution >= 4 is 21.9 Å². The first-order valence-electron chi connectivity index (χ1n) is 11.0. The van der Waals surface area contributed by atoms with Crippen molar-refractivity contribution in [3.63, 3.8) is 0 Å². The standard InChI is InChI=1S/C24H30N2O6S/c1-16-7-6-10-21(17(16)2)26-23(28)15-32-24(29)20-13-19(11-12-22(20)27)33(30,31)25-14-18-8-4-3-5-9-18/h3-5,8-9,11-13,16-17,21,25,27H,6-7,10,14-15H2,1-2H3,(H,26,28)/t16-,17+,21+/m1/s1. The molecular formula is C24H30N2O6S. The van der Waals surface area contributed by atoms with Crippen molar-refractivity contribution in [2.24, 2.45) is 11.8 Å². The van der Waals surface area contributed by atoms with Crippen molar-refractivity contribution in [2.45, 2.75) is 50.6 Å². The zero-order valence-electron chi connectivity index (χ0n) is 18.8. The highest BCUT2D eigenvalue weighted by molar-refractivity contribution is 7.89. The highest BCUT2D eigenvalue weighted by Gasteiger charge is 2.28. The molecule has 0 unspecified atom stereocenters. The van der Waals surface area contributed by atoms with Gasteiger partial charge in [-0.25, -0.2) is 17.9 Å². The third-order valence-electron chi connectivity index (χ3n) is 6.19. The fraction of sp³-hybridized carbons (Fsp3) is 0.417. The summed E-state index contributed by atoms with van der Waals surface area (Å²) in [6.07, 6.45) is 3.03. The Hall–Kier alpha value is -2.91. The first kappa shape index (κ1) is 24.7. The molecule has 1 aliphatic carbocycles. The average Bonchev–Trinajstić information content (AvgIpc) is 2.80. The number of benzene rings is 2. The number of carbonyl (C=O) groups is 2. The van der Waals surface area contributed by atoms with E-state index in [9.17, 15) is 23.1 Å². The summed E-state index contributed by atoms with van der Waals surface area (Å²) < 4.78 is 32.8. The molecule has 2 aromatic carbocycles. The Kier molecular flexibility index (Phi) is 8.10. The van der Waals surface area contributed by atoms with Gasteiger partial charge in [0, 0.05) is 12.6 Å². The third-order valence-corrected chi connectivity index (χ3v) is 7.59. The van der Waals surface area contributed by atoms with E-state index in [1.165, 1.54) is 6.07 Å². The summed E-state index contributed by atoms with van der Waals surface area (Å²) in [5.41, 5.74) is 0.442. The molecule has 3 rings (SSSR count). The molecule has 0 bridgehead atoms. The van der Waals surface area contributed by atoms with Gasteiger partial charge in [0.15, 0.2) is 6.61 Å². The number of nitrogens with one attached hydrogen (secondary N) is 2. The first-order valence-corrected chi connectivity index (χ1v) is 12.5. The second-order valence-corrected chi connectivity index (χ2v) is 10.3. The second-order valence-electron chi connectivity index (χ2n) is 8.51. The number of sulfonamides is 1. The Labute approximate surface area is 194 Å². The summed E-state index contributed by atoms with van der Waals surface area (Å²) >= 11 is 0. The lowest BCUT2D eigenvalue weighted by atomic mass is 9.78. The topological polar surface area (TPSA) is 122 Å². The third kappa shape index (κ3) is 6.55. The SMILES string of the molecule is C[C@H]1[C@H](C)CCC[C@@H]1NC(=O)COC(=O)c1cc(S(=O)(=O)NCc2ccccc2)ccc1O. The molecule has 0 spiro atoms. The van der Waals surface area contributed by atoms with E-state index in [2.05, 4.69) is 23.9 Å². The smallest absolute Gasteiger partial charge is 0.342 e. The molecule has 0 saturated heterocycles. The largest absolute Gasteiger partial charge is 0.507 e. The summed E-state index contributed by atoms with van der Waals surface area (Å²) in [5.74, 6) is -1.01. The normalized spacial score (nSPS) is 20.7. The van der Waals surface area contributed by atoms with Crippen molar-refractivity contribution in [3.8, 4) is 5.75 Å². The lowest BCUT2D eigenvalue weighted by Gasteiger charge is -2.34. The number of ether oxygens (including phenoxy) is 1. The van der Waals surface area contributed by atoms with Crippen LogP contribution in [0.2, 0.25) is 0 Å². The molecule has 9 heteroatoms. The van der Waals surface area contributed by atoms with E-state index in [1.807, 2.05) is 6.07 Å². The van der Waals surface area contributed by atoms with Crippen LogP contribution in [0.15, 0.2) is 53.4 Å². The van der Waals surface area contributed by atoms with Gasteiger partial charge in [-0.3, -0.25) is 4.79 Å². The molecule has 0 radical (unpaired) electrons. The molecule has 2 aromatic rings. The number of aromatic hydroxyl groups is 1. The molecular weight excluding hydrogens is 444 g/mol. The lowest BCUT2D eigenvalue weighted by molar-refractivity contribution is -0.125. The van der Waals surface area contributed by atoms with Crippen molar-refractivity contribution in [1.82, 2.24) is 10.0 Å². The molecule has 33 heavy (non-hydrogen) atoms. The second kappa shape index (κ2) is 10.8. The van der Waals surface area contributed by atoms with Crippen LogP contribution in [0, 0.1) is 11.8 Å².